The average molecular weight is 374 g/mol. The fourth-order valence-corrected chi connectivity index (χ4v) is 3.15. The molecule has 0 radical (unpaired) electrons. The Labute approximate surface area is 168 Å². The Kier molecular flexibility index (Phi) is 6.49. The molecule has 0 aromatic heterocycles. The number of rotatable bonds is 4. The third-order valence-corrected chi connectivity index (χ3v) is 4.92. The van der Waals surface area contributed by atoms with Gasteiger partial charge in [-0.15, -0.1) is 0 Å². The van der Waals surface area contributed by atoms with Crippen LogP contribution in [0.5, 0.6) is 0 Å². The number of nitrogens with one attached hydrogen (secondary N) is 1. The molecule has 0 bridgehead atoms. The largest absolute Gasteiger partial charge is 0.309 e. The van der Waals surface area contributed by atoms with Crippen LogP contribution in [0.25, 0.3) is 0 Å². The van der Waals surface area contributed by atoms with Crippen LogP contribution in [-0.2, 0) is 13.1 Å². The molecule has 3 rings (SSSR count). The number of hydrogen-bond acceptors (Lipinski definition) is 1. The zero-order valence-corrected chi connectivity index (χ0v) is 16.9. The predicted octanol–water partition coefficient (Wildman–Crippen LogP) is 6.02. The molecule has 0 aliphatic heterocycles. The van der Waals surface area contributed by atoms with Crippen LogP contribution in [0.15, 0.2) is 72.3 Å². The molecule has 2 aromatic carbocycles. The maximum atomic E-state index is 13.6. The average Bonchev–Trinajstić information content (AvgIpc) is 2.68. The van der Waals surface area contributed by atoms with Crippen molar-refractivity contribution < 1.29 is 4.39 Å². The van der Waals surface area contributed by atoms with Crippen molar-refractivity contribution in [3.05, 3.63) is 94.8 Å². The third kappa shape index (κ3) is 5.68. The van der Waals surface area contributed by atoms with E-state index in [-0.39, 0.29) is 17.2 Å². The van der Waals surface area contributed by atoms with Gasteiger partial charge in [-0.05, 0) is 41.2 Å². The predicted molar refractivity (Wildman–Crippen MR) is 115 cm³/mol. The van der Waals surface area contributed by atoms with E-state index in [1.807, 2.05) is 6.07 Å². The highest BCUT2D eigenvalue weighted by molar-refractivity contribution is 5.39. The van der Waals surface area contributed by atoms with Crippen LogP contribution in [0, 0.1) is 29.0 Å². The minimum absolute atomic E-state index is 0.165. The molecule has 1 aliphatic carbocycles. The summed E-state index contributed by atoms with van der Waals surface area (Å²) in [6, 6.07) is 15.1. The normalized spacial score (nSPS) is 16.3. The summed E-state index contributed by atoms with van der Waals surface area (Å²) >= 11 is 0. The maximum absolute atomic E-state index is 13.6. The van der Waals surface area contributed by atoms with Gasteiger partial charge in [0.05, 0.1) is 0 Å². The minimum atomic E-state index is -0.165. The molecular formula is C26H28FN. The number of hydrogen-bond donors (Lipinski definition) is 1. The highest BCUT2D eigenvalue weighted by Crippen LogP contribution is 2.30. The van der Waals surface area contributed by atoms with Gasteiger partial charge in [-0.1, -0.05) is 81.2 Å². The first kappa shape index (κ1) is 20.1. The van der Waals surface area contributed by atoms with Gasteiger partial charge in [-0.2, -0.15) is 0 Å². The molecule has 1 atom stereocenters. The van der Waals surface area contributed by atoms with E-state index in [9.17, 15) is 4.39 Å². The Bertz CT molecular complexity index is 917. The zero-order valence-electron chi connectivity index (χ0n) is 16.9. The highest BCUT2D eigenvalue weighted by Gasteiger charge is 2.17. The molecule has 2 heteroatoms. The maximum Gasteiger partial charge on any atom is 0.127 e. The lowest BCUT2D eigenvalue weighted by molar-refractivity contribution is 0.510. The van der Waals surface area contributed by atoms with Gasteiger partial charge < -0.3 is 5.32 Å². The minimum Gasteiger partial charge on any atom is -0.309 e. The van der Waals surface area contributed by atoms with Crippen molar-refractivity contribution in [1.82, 2.24) is 5.32 Å². The molecule has 1 nitrogen and oxygen atoms in total. The topological polar surface area (TPSA) is 12.0 Å². The molecule has 0 saturated carbocycles. The fourth-order valence-electron chi connectivity index (χ4n) is 3.15. The summed E-state index contributed by atoms with van der Waals surface area (Å²) < 4.78 is 13.6. The van der Waals surface area contributed by atoms with E-state index >= 15 is 0 Å². The van der Waals surface area contributed by atoms with Crippen LogP contribution in [0.3, 0.4) is 0 Å². The molecule has 0 fully saturated rings. The van der Waals surface area contributed by atoms with E-state index in [4.69, 9.17) is 0 Å². The number of allylic oxidation sites excluding steroid dienone is 4. The smallest absolute Gasteiger partial charge is 0.127 e. The van der Waals surface area contributed by atoms with Crippen molar-refractivity contribution in [3.8, 4) is 11.8 Å². The van der Waals surface area contributed by atoms with Gasteiger partial charge in [0.2, 0.25) is 0 Å². The van der Waals surface area contributed by atoms with Crippen molar-refractivity contribution in [2.24, 2.45) is 11.3 Å². The molecule has 0 saturated heterocycles. The van der Waals surface area contributed by atoms with Crippen LogP contribution < -0.4 is 5.32 Å². The molecule has 1 N–H and O–H groups in total. The SMILES string of the molecule is CC(C)(C)C1=CCC(C#Cc2ccc(CNCc3ccccc3F)cc2)C=C1. The second kappa shape index (κ2) is 9.04. The first-order valence-electron chi connectivity index (χ1n) is 9.85. The summed E-state index contributed by atoms with van der Waals surface area (Å²) in [6.07, 6.45) is 7.72. The van der Waals surface area contributed by atoms with Crippen LogP contribution >= 0.6 is 0 Å². The Morgan fingerprint density at radius 1 is 1.04 bits per heavy atom. The Morgan fingerprint density at radius 3 is 2.43 bits per heavy atom. The molecule has 28 heavy (non-hydrogen) atoms. The van der Waals surface area contributed by atoms with Crippen molar-refractivity contribution in [1.29, 1.82) is 0 Å². The third-order valence-electron chi connectivity index (χ3n) is 4.92. The van der Waals surface area contributed by atoms with E-state index in [2.05, 4.69) is 80.4 Å². The lowest BCUT2D eigenvalue weighted by Gasteiger charge is -2.23. The number of benzene rings is 2. The second-order valence-electron chi connectivity index (χ2n) is 8.27. The molecule has 2 aromatic rings. The van der Waals surface area contributed by atoms with Crippen molar-refractivity contribution in [2.45, 2.75) is 40.3 Å². The Balaban J connectivity index is 1.51. The lowest BCUT2D eigenvalue weighted by Crippen LogP contribution is -2.13. The van der Waals surface area contributed by atoms with Gasteiger partial charge in [0.1, 0.15) is 5.82 Å². The van der Waals surface area contributed by atoms with Crippen molar-refractivity contribution in [2.75, 3.05) is 0 Å². The molecule has 0 heterocycles. The van der Waals surface area contributed by atoms with Gasteiger partial charge in [-0.25, -0.2) is 4.39 Å². The summed E-state index contributed by atoms with van der Waals surface area (Å²) in [5, 5.41) is 3.29. The standard InChI is InChI=1S/C26H28FN/c1-26(2,3)24-16-14-21(15-17-24)9-8-20-10-12-22(13-11-20)18-28-19-23-6-4-5-7-25(23)27/h4-7,10-14,16-17,21,28H,15,18-19H2,1-3H3. The van der Waals surface area contributed by atoms with Crippen molar-refractivity contribution in [3.63, 3.8) is 0 Å². The first-order valence-corrected chi connectivity index (χ1v) is 9.85. The van der Waals surface area contributed by atoms with Gasteiger partial charge in [-0.3, -0.25) is 0 Å². The van der Waals surface area contributed by atoms with Crippen LogP contribution in [0.2, 0.25) is 0 Å². The van der Waals surface area contributed by atoms with Gasteiger partial charge >= 0.3 is 0 Å². The highest BCUT2D eigenvalue weighted by atomic mass is 19.1. The first-order chi connectivity index (χ1) is 13.4. The second-order valence-corrected chi connectivity index (χ2v) is 8.27. The lowest BCUT2D eigenvalue weighted by atomic mass is 9.82. The molecule has 1 aliphatic rings. The molecule has 0 spiro atoms. The summed E-state index contributed by atoms with van der Waals surface area (Å²) in [5.41, 5.74) is 4.46. The monoisotopic (exact) mass is 373 g/mol. The van der Waals surface area contributed by atoms with Crippen molar-refractivity contribution >= 4 is 0 Å². The Hall–Kier alpha value is -2.63. The summed E-state index contributed by atoms with van der Waals surface area (Å²) in [5.74, 6) is 6.77. The van der Waals surface area contributed by atoms with E-state index < -0.39 is 0 Å². The van der Waals surface area contributed by atoms with Gasteiger partial charge in [0.25, 0.3) is 0 Å². The quantitative estimate of drug-likeness (QED) is 0.647. The summed E-state index contributed by atoms with van der Waals surface area (Å²) in [4.78, 5) is 0. The van der Waals surface area contributed by atoms with E-state index in [1.165, 1.54) is 11.6 Å². The zero-order chi connectivity index (χ0) is 20.0. The fraction of sp³-hybridized carbons (Fsp3) is 0.308. The molecule has 144 valence electrons. The number of halogens is 1. The van der Waals surface area contributed by atoms with Gasteiger partial charge in [0.15, 0.2) is 0 Å². The molecule has 1 unspecified atom stereocenters. The van der Waals surface area contributed by atoms with Crippen LogP contribution in [0.1, 0.15) is 43.9 Å². The van der Waals surface area contributed by atoms with Gasteiger partial charge in [0, 0.05) is 30.1 Å². The van der Waals surface area contributed by atoms with Crippen LogP contribution in [0.4, 0.5) is 4.39 Å². The van der Waals surface area contributed by atoms with Crippen LogP contribution in [-0.4, -0.2) is 0 Å². The summed E-state index contributed by atoms with van der Waals surface area (Å²) in [7, 11) is 0. The summed E-state index contributed by atoms with van der Waals surface area (Å²) in [6.45, 7) is 7.94. The van der Waals surface area contributed by atoms with E-state index in [0.29, 0.717) is 18.7 Å². The Morgan fingerprint density at radius 2 is 1.79 bits per heavy atom. The molecular weight excluding hydrogens is 345 g/mol. The molecule has 0 amide bonds. The van der Waals surface area contributed by atoms with E-state index in [1.54, 1.807) is 12.1 Å². The van der Waals surface area contributed by atoms with E-state index in [0.717, 1.165) is 17.5 Å².